The van der Waals surface area contributed by atoms with Crippen molar-refractivity contribution in [2.75, 3.05) is 11.9 Å². The maximum atomic E-state index is 13.4. The van der Waals surface area contributed by atoms with Gasteiger partial charge in [0.15, 0.2) is 0 Å². The number of nitrogens with one attached hydrogen (secondary N) is 1. The van der Waals surface area contributed by atoms with Crippen LogP contribution in [0.5, 0.6) is 0 Å². The molecule has 0 atom stereocenters. The molecule has 1 aromatic rings. The monoisotopic (exact) mass is 297 g/mol. The predicted octanol–water partition coefficient (Wildman–Crippen LogP) is 5.74. The molecule has 1 nitrogen and oxygen atoms in total. The van der Waals surface area contributed by atoms with Crippen LogP contribution in [0.25, 0.3) is 0 Å². The predicted molar refractivity (Wildman–Crippen MR) is 84.8 cm³/mol. The molecule has 112 valence electrons. The fraction of sp³-hybridized carbons (Fsp3) is 0.647. The molecule has 0 aromatic heterocycles. The first-order chi connectivity index (χ1) is 9.36. The zero-order valence-corrected chi connectivity index (χ0v) is 13.4. The van der Waals surface area contributed by atoms with Gasteiger partial charge in [-0.1, -0.05) is 32.4 Å². The highest BCUT2D eigenvalue weighted by Gasteiger charge is 2.29. The van der Waals surface area contributed by atoms with Crippen molar-refractivity contribution in [2.24, 2.45) is 17.3 Å². The standard InChI is InChI=1S/C17H25ClFN/c1-17(2,3)13-6-4-12(5-7-13)11-20-14-8-9-15(18)16(19)10-14/h8-10,12-13,20H,4-7,11H2,1-3H3. The molecule has 1 fully saturated rings. The summed E-state index contributed by atoms with van der Waals surface area (Å²) >= 11 is 5.69. The fourth-order valence-corrected chi connectivity index (χ4v) is 3.22. The lowest BCUT2D eigenvalue weighted by Gasteiger charge is -2.37. The summed E-state index contributed by atoms with van der Waals surface area (Å²) in [4.78, 5) is 0. The van der Waals surface area contributed by atoms with Crippen LogP contribution < -0.4 is 5.32 Å². The average molecular weight is 298 g/mol. The SMILES string of the molecule is CC(C)(C)C1CCC(CNc2ccc(Cl)c(F)c2)CC1. The molecule has 1 N–H and O–H groups in total. The third-order valence-electron chi connectivity index (χ3n) is 4.59. The largest absolute Gasteiger partial charge is 0.385 e. The van der Waals surface area contributed by atoms with E-state index in [1.165, 1.54) is 31.7 Å². The van der Waals surface area contributed by atoms with Gasteiger partial charge in [-0.25, -0.2) is 4.39 Å². The van der Waals surface area contributed by atoms with Gasteiger partial charge in [0, 0.05) is 12.2 Å². The minimum absolute atomic E-state index is 0.182. The second-order valence-corrected chi connectivity index (χ2v) is 7.50. The lowest BCUT2D eigenvalue weighted by Crippen LogP contribution is -2.28. The Morgan fingerprint density at radius 3 is 2.40 bits per heavy atom. The summed E-state index contributed by atoms with van der Waals surface area (Å²) in [6, 6.07) is 4.92. The Morgan fingerprint density at radius 2 is 1.85 bits per heavy atom. The zero-order valence-electron chi connectivity index (χ0n) is 12.7. The van der Waals surface area contributed by atoms with Gasteiger partial charge in [-0.05, 0) is 61.1 Å². The smallest absolute Gasteiger partial charge is 0.143 e. The van der Waals surface area contributed by atoms with Crippen LogP contribution in [0, 0.1) is 23.1 Å². The van der Waals surface area contributed by atoms with Crippen LogP contribution in [0.1, 0.15) is 46.5 Å². The van der Waals surface area contributed by atoms with E-state index < -0.39 is 0 Å². The second-order valence-electron chi connectivity index (χ2n) is 7.09. The van der Waals surface area contributed by atoms with Crippen LogP contribution in [-0.4, -0.2) is 6.54 Å². The van der Waals surface area contributed by atoms with Gasteiger partial charge in [0.25, 0.3) is 0 Å². The maximum Gasteiger partial charge on any atom is 0.143 e. The molecule has 1 aliphatic carbocycles. The highest BCUT2D eigenvalue weighted by Crippen LogP contribution is 2.39. The van der Waals surface area contributed by atoms with E-state index in [-0.39, 0.29) is 10.8 Å². The lowest BCUT2D eigenvalue weighted by atomic mass is 9.70. The van der Waals surface area contributed by atoms with Gasteiger partial charge in [-0.15, -0.1) is 0 Å². The Hall–Kier alpha value is -0.760. The van der Waals surface area contributed by atoms with Gasteiger partial charge < -0.3 is 5.32 Å². The first-order valence-electron chi connectivity index (χ1n) is 7.55. The minimum atomic E-state index is -0.354. The number of hydrogen-bond acceptors (Lipinski definition) is 1. The van der Waals surface area contributed by atoms with Crippen molar-refractivity contribution >= 4 is 17.3 Å². The van der Waals surface area contributed by atoms with E-state index in [4.69, 9.17) is 11.6 Å². The summed E-state index contributed by atoms with van der Waals surface area (Å²) in [5.41, 5.74) is 1.25. The van der Waals surface area contributed by atoms with Crippen LogP contribution >= 0.6 is 11.6 Å². The molecule has 1 saturated carbocycles. The summed E-state index contributed by atoms with van der Waals surface area (Å²) < 4.78 is 13.4. The molecule has 0 aliphatic heterocycles. The molecule has 0 amide bonds. The number of anilines is 1. The third-order valence-corrected chi connectivity index (χ3v) is 4.89. The van der Waals surface area contributed by atoms with E-state index in [9.17, 15) is 4.39 Å². The molecule has 1 aliphatic rings. The van der Waals surface area contributed by atoms with E-state index >= 15 is 0 Å². The van der Waals surface area contributed by atoms with Gasteiger partial charge in [0.05, 0.1) is 5.02 Å². The van der Waals surface area contributed by atoms with E-state index in [0.717, 1.165) is 18.2 Å². The average Bonchev–Trinajstić information content (AvgIpc) is 2.40. The normalized spacial score (nSPS) is 23.6. The molecule has 20 heavy (non-hydrogen) atoms. The zero-order chi connectivity index (χ0) is 14.8. The minimum Gasteiger partial charge on any atom is -0.385 e. The number of halogens is 2. The second kappa shape index (κ2) is 6.34. The van der Waals surface area contributed by atoms with Crippen LogP contribution in [-0.2, 0) is 0 Å². The Balaban J connectivity index is 1.80. The summed E-state index contributed by atoms with van der Waals surface area (Å²) in [5, 5.41) is 3.52. The van der Waals surface area contributed by atoms with Gasteiger partial charge in [-0.3, -0.25) is 0 Å². The molecule has 2 rings (SSSR count). The van der Waals surface area contributed by atoms with Crippen molar-refractivity contribution < 1.29 is 4.39 Å². The van der Waals surface area contributed by atoms with Crippen molar-refractivity contribution in [3.05, 3.63) is 29.0 Å². The van der Waals surface area contributed by atoms with Crippen molar-refractivity contribution in [2.45, 2.75) is 46.5 Å². The topological polar surface area (TPSA) is 12.0 Å². The summed E-state index contributed by atoms with van der Waals surface area (Å²) in [5.74, 6) is 1.19. The van der Waals surface area contributed by atoms with Crippen LogP contribution in [0.2, 0.25) is 5.02 Å². The van der Waals surface area contributed by atoms with Gasteiger partial charge >= 0.3 is 0 Å². The van der Waals surface area contributed by atoms with Gasteiger partial charge in [0.2, 0.25) is 0 Å². The van der Waals surface area contributed by atoms with Crippen LogP contribution in [0.4, 0.5) is 10.1 Å². The molecule has 1 aromatic carbocycles. The molecular weight excluding hydrogens is 273 g/mol. The van der Waals surface area contributed by atoms with E-state index in [1.807, 2.05) is 6.07 Å². The van der Waals surface area contributed by atoms with Crippen LogP contribution in [0.3, 0.4) is 0 Å². The van der Waals surface area contributed by atoms with E-state index in [0.29, 0.717) is 11.3 Å². The number of hydrogen-bond donors (Lipinski definition) is 1. The maximum absolute atomic E-state index is 13.4. The molecule has 0 bridgehead atoms. The first-order valence-corrected chi connectivity index (χ1v) is 7.93. The fourth-order valence-electron chi connectivity index (χ4n) is 3.10. The summed E-state index contributed by atoms with van der Waals surface area (Å²) in [6.07, 6.45) is 5.16. The van der Waals surface area contributed by atoms with Gasteiger partial charge in [-0.2, -0.15) is 0 Å². The van der Waals surface area contributed by atoms with Crippen molar-refractivity contribution in [3.63, 3.8) is 0 Å². The summed E-state index contributed by atoms with van der Waals surface area (Å²) in [6.45, 7) is 7.95. The Kier molecular flexibility index (Phi) is 4.95. The quantitative estimate of drug-likeness (QED) is 0.749. The molecular formula is C17H25ClFN. The highest BCUT2D eigenvalue weighted by atomic mass is 35.5. The van der Waals surface area contributed by atoms with Crippen molar-refractivity contribution in [1.29, 1.82) is 0 Å². The van der Waals surface area contributed by atoms with Gasteiger partial charge in [0.1, 0.15) is 5.82 Å². The molecule has 0 saturated heterocycles. The Morgan fingerprint density at radius 1 is 1.20 bits per heavy atom. The molecule has 0 radical (unpaired) electrons. The first kappa shape index (κ1) is 15.6. The molecule has 0 heterocycles. The lowest BCUT2D eigenvalue weighted by molar-refractivity contribution is 0.153. The Bertz CT molecular complexity index is 445. The van der Waals surface area contributed by atoms with E-state index in [2.05, 4.69) is 26.1 Å². The van der Waals surface area contributed by atoms with Crippen LogP contribution in [0.15, 0.2) is 18.2 Å². The number of benzene rings is 1. The number of rotatable bonds is 3. The third kappa shape index (κ3) is 4.12. The van der Waals surface area contributed by atoms with Crippen molar-refractivity contribution in [1.82, 2.24) is 0 Å². The summed E-state index contributed by atoms with van der Waals surface area (Å²) in [7, 11) is 0. The molecule has 0 spiro atoms. The molecule has 3 heteroatoms. The molecule has 0 unspecified atom stereocenters. The van der Waals surface area contributed by atoms with Crippen molar-refractivity contribution in [3.8, 4) is 0 Å². The Labute approximate surface area is 126 Å². The highest BCUT2D eigenvalue weighted by molar-refractivity contribution is 6.30. The van der Waals surface area contributed by atoms with E-state index in [1.54, 1.807) is 6.07 Å².